The van der Waals surface area contributed by atoms with Gasteiger partial charge in [-0.05, 0) is 31.1 Å². The van der Waals surface area contributed by atoms with Gasteiger partial charge in [0.2, 0.25) is 0 Å². The lowest BCUT2D eigenvalue weighted by atomic mass is 9.68. The summed E-state index contributed by atoms with van der Waals surface area (Å²) in [4.78, 5) is 23.3. The van der Waals surface area contributed by atoms with Crippen LogP contribution in [0.5, 0.6) is 0 Å². The second-order valence-electron chi connectivity index (χ2n) is 7.02. The number of carbonyl (C=O) groups excluding carboxylic acids is 2. The van der Waals surface area contributed by atoms with Crippen molar-refractivity contribution in [1.29, 1.82) is 0 Å². The molecule has 0 aromatic rings. The average Bonchev–Trinajstić information content (AvgIpc) is 2.58. The molecule has 0 bridgehead atoms. The van der Waals surface area contributed by atoms with E-state index in [2.05, 4.69) is 6.58 Å². The zero-order valence-electron chi connectivity index (χ0n) is 16.1. The smallest absolute Gasteiger partial charge is 0.330 e. The Balaban J connectivity index is 5.24. The molecule has 6 heteroatoms. The normalized spacial score (nSPS) is 17.0. The van der Waals surface area contributed by atoms with Crippen LogP contribution in [0.25, 0.3) is 0 Å². The highest BCUT2D eigenvalue weighted by Crippen LogP contribution is 2.38. The Morgan fingerprint density at radius 2 is 1.92 bits per heavy atom. The first-order valence-electron chi connectivity index (χ1n) is 9.05. The fraction of sp³-hybridized carbons (Fsp3) is 0.789. The molecule has 0 aliphatic heterocycles. The molecule has 0 aliphatic carbocycles. The summed E-state index contributed by atoms with van der Waals surface area (Å²) in [7, 11) is 0. The Hall–Kier alpha value is -1.40. The maximum Gasteiger partial charge on any atom is 0.330 e. The molecule has 4 unspecified atom stereocenters. The molecule has 0 saturated carbocycles. The highest BCUT2D eigenvalue weighted by atomic mass is 16.5. The van der Waals surface area contributed by atoms with Crippen molar-refractivity contribution in [2.24, 2.45) is 23.0 Å². The highest BCUT2D eigenvalue weighted by molar-refractivity contribution is 5.81. The fourth-order valence-corrected chi connectivity index (χ4v) is 2.92. The zero-order chi connectivity index (χ0) is 19.5. The standard InChI is InChI=1S/C19H35NO5/c1-6-9-15(11-24-17(22)7-2)16(19(5,8-3)13-21)12-25-18(23)10-14(4)20/h7,14-16,21H,2,6,8-13,20H2,1,3-5H3. The summed E-state index contributed by atoms with van der Waals surface area (Å²) in [5, 5.41) is 9.92. The van der Waals surface area contributed by atoms with Gasteiger partial charge >= 0.3 is 11.9 Å². The van der Waals surface area contributed by atoms with Crippen molar-refractivity contribution in [2.75, 3.05) is 19.8 Å². The molecule has 0 amide bonds. The topological polar surface area (TPSA) is 98.9 Å². The van der Waals surface area contributed by atoms with Gasteiger partial charge in [0, 0.05) is 24.6 Å². The fourth-order valence-electron chi connectivity index (χ4n) is 2.92. The minimum Gasteiger partial charge on any atom is -0.465 e. The first-order valence-corrected chi connectivity index (χ1v) is 9.05. The Morgan fingerprint density at radius 1 is 1.28 bits per heavy atom. The second kappa shape index (κ2) is 12.0. The molecule has 3 N–H and O–H groups in total. The lowest BCUT2D eigenvalue weighted by Gasteiger charge is -2.40. The Morgan fingerprint density at radius 3 is 2.36 bits per heavy atom. The van der Waals surface area contributed by atoms with Crippen LogP contribution in [0.4, 0.5) is 0 Å². The van der Waals surface area contributed by atoms with E-state index in [-0.39, 0.29) is 50.1 Å². The van der Waals surface area contributed by atoms with Crippen LogP contribution in [-0.2, 0) is 19.1 Å². The maximum atomic E-state index is 11.9. The minimum atomic E-state index is -0.476. The third-order valence-electron chi connectivity index (χ3n) is 4.81. The molecule has 0 radical (unpaired) electrons. The van der Waals surface area contributed by atoms with Crippen LogP contribution in [0, 0.1) is 17.3 Å². The summed E-state index contributed by atoms with van der Waals surface area (Å²) in [5.74, 6) is -0.975. The number of rotatable bonds is 13. The summed E-state index contributed by atoms with van der Waals surface area (Å²) < 4.78 is 10.7. The molecule has 0 saturated heterocycles. The van der Waals surface area contributed by atoms with Crippen molar-refractivity contribution in [3.63, 3.8) is 0 Å². The van der Waals surface area contributed by atoms with Crippen molar-refractivity contribution in [3.8, 4) is 0 Å². The van der Waals surface area contributed by atoms with E-state index in [4.69, 9.17) is 15.2 Å². The summed E-state index contributed by atoms with van der Waals surface area (Å²) in [6.45, 7) is 11.5. The lowest BCUT2D eigenvalue weighted by molar-refractivity contribution is -0.151. The zero-order valence-corrected chi connectivity index (χ0v) is 16.1. The molecule has 0 aliphatic rings. The highest BCUT2D eigenvalue weighted by Gasteiger charge is 2.38. The van der Waals surface area contributed by atoms with Gasteiger partial charge in [0.15, 0.2) is 0 Å². The van der Waals surface area contributed by atoms with Gasteiger partial charge in [0.05, 0.1) is 19.6 Å². The van der Waals surface area contributed by atoms with Gasteiger partial charge in [-0.15, -0.1) is 0 Å². The van der Waals surface area contributed by atoms with Gasteiger partial charge in [-0.25, -0.2) is 4.79 Å². The van der Waals surface area contributed by atoms with E-state index >= 15 is 0 Å². The largest absolute Gasteiger partial charge is 0.465 e. The van der Waals surface area contributed by atoms with E-state index in [0.29, 0.717) is 6.42 Å². The molecule has 25 heavy (non-hydrogen) atoms. The third kappa shape index (κ3) is 8.50. The molecule has 0 heterocycles. The summed E-state index contributed by atoms with van der Waals surface area (Å²) in [5.41, 5.74) is 5.20. The maximum absolute atomic E-state index is 11.9. The molecule has 0 aromatic carbocycles. The molecule has 0 rings (SSSR count). The average molecular weight is 357 g/mol. The van der Waals surface area contributed by atoms with E-state index in [0.717, 1.165) is 18.9 Å². The first-order chi connectivity index (χ1) is 11.7. The Kier molecular flexibility index (Phi) is 11.4. The summed E-state index contributed by atoms with van der Waals surface area (Å²) in [6, 6.07) is -0.263. The molecule has 146 valence electrons. The summed E-state index contributed by atoms with van der Waals surface area (Å²) in [6.07, 6.45) is 3.69. The monoisotopic (exact) mass is 357 g/mol. The quantitative estimate of drug-likeness (QED) is 0.388. The van der Waals surface area contributed by atoms with Crippen molar-refractivity contribution < 1.29 is 24.2 Å². The first kappa shape index (κ1) is 23.6. The van der Waals surface area contributed by atoms with Crippen molar-refractivity contribution in [1.82, 2.24) is 0 Å². The van der Waals surface area contributed by atoms with E-state index in [1.165, 1.54) is 0 Å². The minimum absolute atomic E-state index is 0.0194. The van der Waals surface area contributed by atoms with Gasteiger partial charge in [-0.1, -0.05) is 33.8 Å². The van der Waals surface area contributed by atoms with Crippen LogP contribution in [0.1, 0.15) is 53.4 Å². The lowest BCUT2D eigenvalue weighted by Crippen LogP contribution is -2.41. The molecular weight excluding hydrogens is 322 g/mol. The van der Waals surface area contributed by atoms with E-state index < -0.39 is 11.4 Å². The molecule has 0 spiro atoms. The molecule has 0 fully saturated rings. The van der Waals surface area contributed by atoms with Crippen molar-refractivity contribution >= 4 is 11.9 Å². The third-order valence-corrected chi connectivity index (χ3v) is 4.81. The van der Waals surface area contributed by atoms with Gasteiger partial charge in [0.1, 0.15) is 0 Å². The van der Waals surface area contributed by atoms with Crippen molar-refractivity contribution in [2.45, 2.75) is 59.4 Å². The number of hydrogen-bond acceptors (Lipinski definition) is 6. The number of carbonyl (C=O) groups is 2. The van der Waals surface area contributed by atoms with Crippen LogP contribution < -0.4 is 5.73 Å². The van der Waals surface area contributed by atoms with Gasteiger partial charge in [0.25, 0.3) is 0 Å². The van der Waals surface area contributed by atoms with Gasteiger partial charge in [-0.3, -0.25) is 4.79 Å². The molecular formula is C19H35NO5. The summed E-state index contributed by atoms with van der Waals surface area (Å²) >= 11 is 0. The van der Waals surface area contributed by atoms with Crippen LogP contribution in [-0.4, -0.2) is 42.9 Å². The van der Waals surface area contributed by atoms with Gasteiger partial charge < -0.3 is 20.3 Å². The number of esters is 2. The Bertz CT molecular complexity index is 418. The number of ether oxygens (including phenoxy) is 2. The van der Waals surface area contributed by atoms with Crippen LogP contribution in [0.3, 0.4) is 0 Å². The van der Waals surface area contributed by atoms with Crippen molar-refractivity contribution in [3.05, 3.63) is 12.7 Å². The Labute approximate surface area is 151 Å². The predicted molar refractivity (Wildman–Crippen MR) is 97.8 cm³/mol. The second-order valence-corrected chi connectivity index (χ2v) is 7.02. The number of nitrogens with two attached hydrogens (primary N) is 1. The number of hydrogen-bond donors (Lipinski definition) is 2. The van der Waals surface area contributed by atoms with Crippen LogP contribution in [0.15, 0.2) is 12.7 Å². The number of aliphatic hydroxyl groups is 1. The molecule has 0 aromatic heterocycles. The van der Waals surface area contributed by atoms with E-state index in [9.17, 15) is 14.7 Å². The molecule has 4 atom stereocenters. The predicted octanol–water partition coefficient (Wildman–Crippen LogP) is 2.44. The van der Waals surface area contributed by atoms with E-state index in [1.807, 2.05) is 20.8 Å². The molecule has 6 nitrogen and oxygen atoms in total. The number of aliphatic hydroxyl groups excluding tert-OH is 1. The van der Waals surface area contributed by atoms with E-state index in [1.54, 1.807) is 6.92 Å². The van der Waals surface area contributed by atoms with Crippen LogP contribution >= 0.6 is 0 Å². The SMILES string of the molecule is C=CC(=O)OCC(CCC)C(COC(=O)CC(C)N)C(C)(CC)CO. The van der Waals surface area contributed by atoms with Crippen LogP contribution in [0.2, 0.25) is 0 Å². The van der Waals surface area contributed by atoms with Gasteiger partial charge in [-0.2, -0.15) is 0 Å².